The highest BCUT2D eigenvalue weighted by molar-refractivity contribution is 7.90. The molecule has 0 unspecified atom stereocenters. The molecule has 2 aromatic rings. The van der Waals surface area contributed by atoms with E-state index in [9.17, 15) is 13.2 Å². The minimum atomic E-state index is -3.33. The monoisotopic (exact) mass is 345 g/mol. The van der Waals surface area contributed by atoms with Crippen molar-refractivity contribution in [2.45, 2.75) is 31.2 Å². The molecule has 0 spiro atoms. The smallest absolute Gasteiger partial charge is 0.253 e. The van der Waals surface area contributed by atoms with Crippen molar-refractivity contribution in [3.63, 3.8) is 0 Å². The van der Waals surface area contributed by atoms with E-state index >= 15 is 0 Å². The summed E-state index contributed by atoms with van der Waals surface area (Å²) < 4.78 is 23.3. The Morgan fingerprint density at radius 1 is 1.08 bits per heavy atom. The van der Waals surface area contributed by atoms with Gasteiger partial charge in [-0.25, -0.2) is 8.42 Å². The molecule has 0 aromatic heterocycles. The maximum absolute atomic E-state index is 12.5. The van der Waals surface area contributed by atoms with Crippen LogP contribution in [0.1, 0.15) is 41.3 Å². The Bertz CT molecular complexity index is 824. The summed E-state index contributed by atoms with van der Waals surface area (Å²) in [4.78, 5) is 14.3. The Labute approximate surface area is 144 Å². The molecule has 24 heavy (non-hydrogen) atoms. The number of hydrogen-bond acceptors (Lipinski definition) is 3. The molecule has 0 aliphatic carbocycles. The molecular formula is C19H23NO3S. The molecule has 0 N–H and O–H groups in total. The highest BCUT2D eigenvalue weighted by Crippen LogP contribution is 2.17. The average Bonchev–Trinajstić information content (AvgIpc) is 2.54. The van der Waals surface area contributed by atoms with Crippen LogP contribution in [-0.2, 0) is 16.4 Å². The van der Waals surface area contributed by atoms with Crippen molar-refractivity contribution in [1.82, 2.24) is 4.90 Å². The van der Waals surface area contributed by atoms with Crippen molar-refractivity contribution in [3.8, 4) is 0 Å². The number of sulfone groups is 1. The summed E-state index contributed by atoms with van der Waals surface area (Å²) in [5.74, 6) is 0.269. The van der Waals surface area contributed by atoms with Crippen LogP contribution in [0.2, 0.25) is 0 Å². The van der Waals surface area contributed by atoms with Crippen molar-refractivity contribution in [1.29, 1.82) is 0 Å². The van der Waals surface area contributed by atoms with Gasteiger partial charge >= 0.3 is 0 Å². The fourth-order valence-electron chi connectivity index (χ4n) is 2.43. The lowest BCUT2D eigenvalue weighted by molar-refractivity contribution is 0.0785. The average molecular weight is 345 g/mol. The van der Waals surface area contributed by atoms with Gasteiger partial charge in [0.15, 0.2) is 9.84 Å². The van der Waals surface area contributed by atoms with E-state index in [-0.39, 0.29) is 10.8 Å². The van der Waals surface area contributed by atoms with Gasteiger partial charge in [-0.15, -0.1) is 0 Å². The van der Waals surface area contributed by atoms with Gasteiger partial charge in [-0.05, 0) is 35.2 Å². The summed E-state index contributed by atoms with van der Waals surface area (Å²) >= 11 is 0. The van der Waals surface area contributed by atoms with E-state index in [1.807, 2.05) is 12.1 Å². The summed E-state index contributed by atoms with van der Waals surface area (Å²) in [6.45, 7) is 4.75. The number of benzene rings is 2. The largest absolute Gasteiger partial charge is 0.337 e. The fraction of sp³-hybridized carbons (Fsp3) is 0.316. The Balaban J connectivity index is 2.15. The lowest BCUT2D eigenvalue weighted by Crippen LogP contribution is -2.26. The number of amides is 1. The van der Waals surface area contributed by atoms with Crippen molar-refractivity contribution in [2.24, 2.45) is 0 Å². The number of hydrogen-bond donors (Lipinski definition) is 0. The molecule has 128 valence electrons. The van der Waals surface area contributed by atoms with Gasteiger partial charge in [-0.3, -0.25) is 4.79 Å². The van der Waals surface area contributed by atoms with E-state index in [0.717, 1.165) is 11.8 Å². The van der Waals surface area contributed by atoms with Gasteiger partial charge in [0, 0.05) is 25.4 Å². The van der Waals surface area contributed by atoms with Gasteiger partial charge in [-0.2, -0.15) is 0 Å². The zero-order valence-electron chi connectivity index (χ0n) is 14.5. The van der Waals surface area contributed by atoms with E-state index in [1.54, 1.807) is 24.1 Å². The SMILES string of the molecule is CC(C)c1ccc(CN(C)C(=O)c2cccc(S(C)(=O)=O)c2)cc1. The van der Waals surface area contributed by atoms with Gasteiger partial charge in [0.05, 0.1) is 4.90 Å². The number of carbonyl (C=O) groups excluding carboxylic acids is 1. The zero-order chi connectivity index (χ0) is 17.9. The van der Waals surface area contributed by atoms with Crippen molar-refractivity contribution in [2.75, 3.05) is 13.3 Å². The van der Waals surface area contributed by atoms with Crippen LogP contribution in [0.15, 0.2) is 53.4 Å². The summed E-state index contributed by atoms with van der Waals surface area (Å²) in [6.07, 6.45) is 1.14. The quantitative estimate of drug-likeness (QED) is 0.833. The van der Waals surface area contributed by atoms with Crippen LogP contribution in [0.3, 0.4) is 0 Å². The molecule has 0 atom stereocenters. The first-order valence-electron chi connectivity index (χ1n) is 7.83. The highest BCUT2D eigenvalue weighted by Gasteiger charge is 2.15. The second-order valence-corrected chi connectivity index (χ2v) is 8.37. The molecule has 4 nitrogen and oxygen atoms in total. The predicted molar refractivity (Wildman–Crippen MR) is 95.9 cm³/mol. The molecule has 0 aliphatic rings. The van der Waals surface area contributed by atoms with E-state index in [2.05, 4.69) is 26.0 Å². The third kappa shape index (κ3) is 4.45. The Morgan fingerprint density at radius 2 is 1.71 bits per heavy atom. The first-order valence-corrected chi connectivity index (χ1v) is 9.72. The molecule has 0 aliphatic heterocycles. The standard InChI is InChI=1S/C19H23NO3S/c1-14(2)16-10-8-15(9-11-16)13-20(3)19(21)17-6-5-7-18(12-17)24(4,22)23/h5-12,14H,13H2,1-4H3. The van der Waals surface area contributed by atoms with Crippen LogP contribution in [-0.4, -0.2) is 32.5 Å². The second-order valence-electron chi connectivity index (χ2n) is 6.36. The van der Waals surface area contributed by atoms with Gasteiger partial charge in [0.2, 0.25) is 0 Å². The van der Waals surface area contributed by atoms with Gasteiger partial charge in [0.1, 0.15) is 0 Å². The molecule has 0 radical (unpaired) electrons. The van der Waals surface area contributed by atoms with E-state index < -0.39 is 9.84 Å². The van der Waals surface area contributed by atoms with Crippen LogP contribution < -0.4 is 0 Å². The fourth-order valence-corrected chi connectivity index (χ4v) is 3.10. The van der Waals surface area contributed by atoms with Crippen LogP contribution in [0, 0.1) is 0 Å². The normalized spacial score (nSPS) is 11.5. The Kier molecular flexibility index (Phi) is 5.44. The predicted octanol–water partition coefficient (Wildman–Crippen LogP) is 3.49. The third-order valence-corrected chi connectivity index (χ3v) is 5.03. The summed E-state index contributed by atoms with van der Waals surface area (Å²) in [5.41, 5.74) is 2.67. The van der Waals surface area contributed by atoms with Crippen LogP contribution in [0.5, 0.6) is 0 Å². The van der Waals surface area contributed by atoms with E-state index in [4.69, 9.17) is 0 Å². The van der Waals surface area contributed by atoms with Gasteiger partial charge in [-0.1, -0.05) is 44.2 Å². The molecule has 0 saturated carbocycles. The van der Waals surface area contributed by atoms with Crippen LogP contribution >= 0.6 is 0 Å². The minimum Gasteiger partial charge on any atom is -0.337 e. The minimum absolute atomic E-state index is 0.156. The molecule has 2 rings (SSSR count). The topological polar surface area (TPSA) is 54.5 Å². The molecule has 0 heterocycles. The van der Waals surface area contributed by atoms with E-state index in [1.165, 1.54) is 17.7 Å². The second kappa shape index (κ2) is 7.18. The highest BCUT2D eigenvalue weighted by atomic mass is 32.2. The summed E-state index contributed by atoms with van der Waals surface area (Å²) in [6, 6.07) is 14.3. The van der Waals surface area contributed by atoms with Crippen molar-refractivity contribution >= 4 is 15.7 Å². The number of carbonyl (C=O) groups is 1. The first kappa shape index (κ1) is 18.2. The maximum Gasteiger partial charge on any atom is 0.253 e. The number of nitrogens with zero attached hydrogens (tertiary/aromatic N) is 1. The molecule has 1 amide bonds. The van der Waals surface area contributed by atoms with Gasteiger partial charge < -0.3 is 4.90 Å². The molecule has 5 heteroatoms. The molecular weight excluding hydrogens is 322 g/mol. The first-order chi connectivity index (χ1) is 11.2. The maximum atomic E-state index is 12.5. The molecule has 0 bridgehead atoms. The lowest BCUT2D eigenvalue weighted by atomic mass is 10.0. The van der Waals surface area contributed by atoms with Crippen LogP contribution in [0.4, 0.5) is 0 Å². The summed E-state index contributed by atoms with van der Waals surface area (Å²) in [5, 5.41) is 0. The van der Waals surface area contributed by atoms with Gasteiger partial charge in [0.25, 0.3) is 5.91 Å². The molecule has 0 saturated heterocycles. The third-order valence-electron chi connectivity index (χ3n) is 3.92. The molecule has 0 fully saturated rings. The van der Waals surface area contributed by atoms with Crippen molar-refractivity contribution < 1.29 is 13.2 Å². The van der Waals surface area contributed by atoms with E-state index in [0.29, 0.717) is 18.0 Å². The Hall–Kier alpha value is -2.14. The van der Waals surface area contributed by atoms with Crippen molar-refractivity contribution in [3.05, 3.63) is 65.2 Å². The lowest BCUT2D eigenvalue weighted by Gasteiger charge is -2.18. The van der Waals surface area contributed by atoms with Crippen LogP contribution in [0.25, 0.3) is 0 Å². The zero-order valence-corrected chi connectivity index (χ0v) is 15.3. The number of rotatable bonds is 5. The summed E-state index contributed by atoms with van der Waals surface area (Å²) in [7, 11) is -1.61. The molecule has 2 aromatic carbocycles. The Morgan fingerprint density at radius 3 is 2.25 bits per heavy atom.